The lowest BCUT2D eigenvalue weighted by atomic mass is 9.78. The van der Waals surface area contributed by atoms with Gasteiger partial charge in [0.1, 0.15) is 0 Å². The summed E-state index contributed by atoms with van der Waals surface area (Å²) < 4.78 is 0. The van der Waals surface area contributed by atoms with E-state index in [1.807, 2.05) is 0 Å². The first-order chi connectivity index (χ1) is 14.8. The van der Waals surface area contributed by atoms with Gasteiger partial charge in [-0.05, 0) is 89.4 Å². The Balaban J connectivity index is 1.94. The van der Waals surface area contributed by atoms with Crippen LogP contribution in [0.1, 0.15) is 47.2 Å². The van der Waals surface area contributed by atoms with E-state index in [9.17, 15) is 0 Å². The molecule has 0 unspecified atom stereocenters. The molecule has 0 aromatic heterocycles. The summed E-state index contributed by atoms with van der Waals surface area (Å²) in [7, 11) is 0. The van der Waals surface area contributed by atoms with Crippen molar-refractivity contribution in [3.63, 3.8) is 0 Å². The number of aryl methyl sites for hydroxylation is 3. The molecule has 1 aliphatic rings. The minimum atomic E-state index is -0.0274. The average molecular weight is 403 g/mol. The van der Waals surface area contributed by atoms with Crippen LogP contribution in [-0.2, 0) is 5.41 Å². The Bertz CT molecular complexity index is 1330. The van der Waals surface area contributed by atoms with Gasteiger partial charge in [0.25, 0.3) is 0 Å². The van der Waals surface area contributed by atoms with Gasteiger partial charge in [-0.2, -0.15) is 0 Å². The minimum absolute atomic E-state index is 0.0274. The van der Waals surface area contributed by atoms with Gasteiger partial charge in [0.2, 0.25) is 0 Å². The summed E-state index contributed by atoms with van der Waals surface area (Å²) >= 11 is 0. The van der Waals surface area contributed by atoms with Gasteiger partial charge in [-0.15, -0.1) is 0 Å². The monoisotopic (exact) mass is 402 g/mol. The Morgan fingerprint density at radius 1 is 0.548 bits per heavy atom. The standard InChI is InChI=1S/C31H30/c1-19-10-9-12-23(16-19)26-18-28-30(25-15-14-20(2)17-27(25)31(28,5)6)29(22(26)4)24-13-8-7-11-21(24)3/h7-18H,1-6H3. The van der Waals surface area contributed by atoms with Crippen molar-refractivity contribution in [1.29, 1.82) is 0 Å². The fourth-order valence-corrected chi connectivity index (χ4v) is 5.40. The zero-order valence-electron chi connectivity index (χ0n) is 19.4. The number of hydrogen-bond acceptors (Lipinski definition) is 0. The molecular weight excluding hydrogens is 372 g/mol. The lowest BCUT2D eigenvalue weighted by Gasteiger charge is -2.25. The van der Waals surface area contributed by atoms with Crippen LogP contribution in [0.25, 0.3) is 33.4 Å². The average Bonchev–Trinajstić information content (AvgIpc) is 2.95. The van der Waals surface area contributed by atoms with Crippen LogP contribution in [0, 0.1) is 27.7 Å². The maximum atomic E-state index is 2.47. The molecule has 0 radical (unpaired) electrons. The van der Waals surface area contributed by atoms with Gasteiger partial charge in [0.15, 0.2) is 0 Å². The lowest BCUT2D eigenvalue weighted by molar-refractivity contribution is 0.660. The number of rotatable bonds is 2. The molecule has 0 spiro atoms. The van der Waals surface area contributed by atoms with E-state index in [1.54, 1.807) is 0 Å². The molecule has 4 aromatic carbocycles. The summed E-state index contributed by atoms with van der Waals surface area (Å²) in [5.74, 6) is 0. The van der Waals surface area contributed by atoms with Crippen LogP contribution in [0.5, 0.6) is 0 Å². The van der Waals surface area contributed by atoms with Crippen LogP contribution in [-0.4, -0.2) is 0 Å². The highest BCUT2D eigenvalue weighted by Gasteiger charge is 2.38. The predicted molar refractivity (Wildman–Crippen MR) is 134 cm³/mol. The fraction of sp³-hybridized carbons (Fsp3) is 0.226. The second-order valence-electron chi connectivity index (χ2n) is 9.71. The van der Waals surface area contributed by atoms with Crippen molar-refractivity contribution in [2.75, 3.05) is 0 Å². The van der Waals surface area contributed by atoms with Crippen molar-refractivity contribution >= 4 is 0 Å². The van der Waals surface area contributed by atoms with Crippen molar-refractivity contribution in [2.45, 2.75) is 47.0 Å². The first kappa shape index (κ1) is 19.8. The van der Waals surface area contributed by atoms with Crippen LogP contribution < -0.4 is 0 Å². The number of hydrogen-bond donors (Lipinski definition) is 0. The van der Waals surface area contributed by atoms with Crippen molar-refractivity contribution in [2.24, 2.45) is 0 Å². The van der Waals surface area contributed by atoms with E-state index in [0.29, 0.717) is 0 Å². The Kier molecular flexibility index (Phi) is 4.45. The van der Waals surface area contributed by atoms with Crippen molar-refractivity contribution in [3.05, 3.63) is 106 Å². The predicted octanol–water partition coefficient (Wildman–Crippen LogP) is 8.56. The summed E-state index contributed by atoms with van der Waals surface area (Å²) in [4.78, 5) is 0. The van der Waals surface area contributed by atoms with Crippen molar-refractivity contribution in [3.8, 4) is 33.4 Å². The molecular formula is C31H30. The molecule has 0 heterocycles. The topological polar surface area (TPSA) is 0 Å². The van der Waals surface area contributed by atoms with E-state index in [2.05, 4.69) is 114 Å². The third kappa shape index (κ3) is 2.97. The van der Waals surface area contributed by atoms with E-state index < -0.39 is 0 Å². The highest BCUT2D eigenvalue weighted by atomic mass is 14.4. The number of fused-ring (bicyclic) bond motifs is 3. The third-order valence-corrected chi connectivity index (χ3v) is 7.12. The third-order valence-electron chi connectivity index (χ3n) is 7.12. The summed E-state index contributed by atoms with van der Waals surface area (Å²) in [5, 5.41) is 0. The summed E-state index contributed by atoms with van der Waals surface area (Å²) in [6.45, 7) is 13.7. The Morgan fingerprint density at radius 3 is 2.03 bits per heavy atom. The van der Waals surface area contributed by atoms with E-state index in [0.717, 1.165) is 0 Å². The fourth-order valence-electron chi connectivity index (χ4n) is 5.40. The molecule has 5 rings (SSSR count). The van der Waals surface area contributed by atoms with E-state index in [-0.39, 0.29) is 5.41 Å². The zero-order chi connectivity index (χ0) is 21.9. The van der Waals surface area contributed by atoms with E-state index >= 15 is 0 Å². The van der Waals surface area contributed by atoms with Gasteiger partial charge in [-0.25, -0.2) is 0 Å². The summed E-state index contributed by atoms with van der Waals surface area (Å²) in [6.07, 6.45) is 0. The van der Waals surface area contributed by atoms with Gasteiger partial charge in [-0.3, -0.25) is 0 Å². The molecule has 0 atom stereocenters. The summed E-state index contributed by atoms with van der Waals surface area (Å²) in [5.41, 5.74) is 16.4. The van der Waals surface area contributed by atoms with Gasteiger partial charge >= 0.3 is 0 Å². The maximum absolute atomic E-state index is 2.47. The second kappa shape index (κ2) is 6.95. The molecule has 31 heavy (non-hydrogen) atoms. The quantitative estimate of drug-likeness (QED) is 0.315. The highest BCUT2D eigenvalue weighted by molar-refractivity contribution is 5.98. The maximum Gasteiger partial charge on any atom is 0.0159 e. The molecule has 4 aromatic rings. The molecule has 0 saturated heterocycles. The second-order valence-corrected chi connectivity index (χ2v) is 9.71. The highest BCUT2D eigenvalue weighted by Crippen LogP contribution is 2.55. The molecule has 0 N–H and O–H groups in total. The van der Waals surface area contributed by atoms with E-state index in [1.165, 1.54) is 66.8 Å². The SMILES string of the molecule is Cc1cccc(-c2cc3c(c(-c4ccccc4C)c2C)-c2ccc(C)cc2C3(C)C)c1. The van der Waals surface area contributed by atoms with Crippen molar-refractivity contribution < 1.29 is 0 Å². The zero-order valence-corrected chi connectivity index (χ0v) is 19.4. The van der Waals surface area contributed by atoms with Crippen LogP contribution >= 0.6 is 0 Å². The molecule has 0 aliphatic heterocycles. The van der Waals surface area contributed by atoms with Crippen molar-refractivity contribution in [1.82, 2.24) is 0 Å². The smallest absolute Gasteiger partial charge is 0.0159 e. The van der Waals surface area contributed by atoms with Crippen LogP contribution in [0.3, 0.4) is 0 Å². The normalized spacial score (nSPS) is 13.7. The van der Waals surface area contributed by atoms with Gasteiger partial charge in [0, 0.05) is 5.41 Å². The first-order valence-electron chi connectivity index (χ1n) is 11.2. The Hall–Kier alpha value is -3.12. The van der Waals surface area contributed by atoms with E-state index in [4.69, 9.17) is 0 Å². The lowest BCUT2D eigenvalue weighted by Crippen LogP contribution is -2.15. The van der Waals surface area contributed by atoms with Crippen LogP contribution in [0.2, 0.25) is 0 Å². The minimum Gasteiger partial charge on any atom is -0.0620 e. The summed E-state index contributed by atoms with van der Waals surface area (Å²) in [6, 6.07) is 27.2. The van der Waals surface area contributed by atoms with Crippen LogP contribution in [0.15, 0.2) is 72.8 Å². The molecule has 0 nitrogen and oxygen atoms in total. The van der Waals surface area contributed by atoms with Gasteiger partial charge < -0.3 is 0 Å². The Labute approximate surface area is 186 Å². The molecule has 0 amide bonds. The number of benzene rings is 4. The molecule has 1 aliphatic carbocycles. The Morgan fingerprint density at radius 2 is 1.29 bits per heavy atom. The van der Waals surface area contributed by atoms with Gasteiger partial charge in [0.05, 0.1) is 0 Å². The molecule has 0 bridgehead atoms. The molecule has 0 saturated carbocycles. The molecule has 154 valence electrons. The van der Waals surface area contributed by atoms with Gasteiger partial charge in [-0.1, -0.05) is 91.7 Å². The van der Waals surface area contributed by atoms with Crippen LogP contribution in [0.4, 0.5) is 0 Å². The first-order valence-corrected chi connectivity index (χ1v) is 11.2. The molecule has 0 fully saturated rings. The largest absolute Gasteiger partial charge is 0.0620 e. The molecule has 0 heteroatoms.